The average molecular weight is 280 g/mol. The molecule has 0 spiro atoms. The predicted molar refractivity (Wildman–Crippen MR) is 50.7 cm³/mol. The van der Waals surface area contributed by atoms with Crippen molar-refractivity contribution < 1.29 is 35.9 Å². The predicted octanol–water partition coefficient (Wildman–Crippen LogP) is 3.85. The van der Waals surface area contributed by atoms with Crippen LogP contribution in [-0.2, 0) is 9.53 Å². The molecular weight excluding hydrogens is 266 g/mol. The van der Waals surface area contributed by atoms with E-state index in [2.05, 4.69) is 4.74 Å². The normalized spacial score (nSPS) is 12.9. The van der Waals surface area contributed by atoms with Gasteiger partial charge in [-0.2, -0.15) is 26.3 Å². The summed E-state index contributed by atoms with van der Waals surface area (Å²) in [6.45, 7) is 1.46. The number of alkyl halides is 6. The minimum absolute atomic E-state index is 0.252. The first-order valence-corrected chi connectivity index (χ1v) is 5.40. The molecule has 0 amide bonds. The molecule has 0 atom stereocenters. The quantitative estimate of drug-likeness (QED) is 0.419. The highest BCUT2D eigenvalue weighted by Gasteiger charge is 2.62. The van der Waals surface area contributed by atoms with Crippen LogP contribution in [0.3, 0.4) is 0 Å². The second kappa shape index (κ2) is 6.84. The van der Waals surface area contributed by atoms with Crippen molar-refractivity contribution in [1.82, 2.24) is 0 Å². The van der Waals surface area contributed by atoms with E-state index in [4.69, 9.17) is 0 Å². The van der Waals surface area contributed by atoms with Crippen LogP contribution in [0, 0.1) is 5.92 Å². The van der Waals surface area contributed by atoms with Gasteiger partial charge in [0.25, 0.3) is 0 Å². The lowest BCUT2D eigenvalue weighted by atomic mass is 10.1. The highest BCUT2D eigenvalue weighted by atomic mass is 19.4. The molecule has 0 aliphatic rings. The number of hydrogen-bond donors (Lipinski definition) is 0. The van der Waals surface area contributed by atoms with Crippen LogP contribution in [0.15, 0.2) is 0 Å². The third kappa shape index (κ3) is 6.11. The number of ether oxygens (including phenoxy) is 1. The molecule has 0 bridgehead atoms. The maximum atomic E-state index is 12.1. The van der Waals surface area contributed by atoms with E-state index in [1.165, 1.54) is 0 Å². The number of unbranched alkanes of at least 4 members (excludes halogenated alkanes) is 3. The maximum absolute atomic E-state index is 12.1. The maximum Gasteiger partial charge on any atom is 0.411 e. The number of rotatable bonds is 6. The lowest BCUT2D eigenvalue weighted by molar-refractivity contribution is -0.281. The van der Waals surface area contributed by atoms with Gasteiger partial charge in [-0.15, -0.1) is 0 Å². The van der Waals surface area contributed by atoms with Gasteiger partial charge in [0.05, 0.1) is 6.61 Å². The smallest absolute Gasteiger partial charge is 0.411 e. The number of carbonyl (C=O) groups excluding carboxylic acids is 1. The van der Waals surface area contributed by atoms with Crippen molar-refractivity contribution in [3.05, 3.63) is 0 Å². The molecule has 0 unspecified atom stereocenters. The van der Waals surface area contributed by atoms with Crippen LogP contribution in [0.4, 0.5) is 26.3 Å². The summed E-state index contributed by atoms with van der Waals surface area (Å²) in [7, 11) is 0. The van der Waals surface area contributed by atoms with Crippen molar-refractivity contribution in [1.29, 1.82) is 0 Å². The molecule has 0 rings (SSSR count). The molecule has 0 N–H and O–H groups in total. The molecule has 0 saturated carbocycles. The summed E-state index contributed by atoms with van der Waals surface area (Å²) < 4.78 is 76.5. The minimum Gasteiger partial charge on any atom is -0.465 e. The number of carbonyl (C=O) groups is 1. The Balaban J connectivity index is 4.34. The van der Waals surface area contributed by atoms with Crippen molar-refractivity contribution in [2.75, 3.05) is 6.61 Å². The number of halogens is 6. The summed E-state index contributed by atoms with van der Waals surface area (Å²) in [6, 6.07) is 0. The summed E-state index contributed by atoms with van der Waals surface area (Å²) in [6.07, 6.45) is -8.90. The first-order valence-electron chi connectivity index (χ1n) is 5.40. The second-order valence-electron chi connectivity index (χ2n) is 3.74. The summed E-state index contributed by atoms with van der Waals surface area (Å²) in [5, 5.41) is 0. The van der Waals surface area contributed by atoms with Gasteiger partial charge in [0, 0.05) is 0 Å². The Hall–Kier alpha value is -0.950. The molecule has 18 heavy (non-hydrogen) atoms. The monoisotopic (exact) mass is 280 g/mol. The van der Waals surface area contributed by atoms with Crippen LogP contribution in [-0.4, -0.2) is 24.9 Å². The van der Waals surface area contributed by atoms with Gasteiger partial charge in [0.15, 0.2) is 0 Å². The summed E-state index contributed by atoms with van der Waals surface area (Å²) in [5.41, 5.74) is 0. The topological polar surface area (TPSA) is 26.3 Å². The van der Waals surface area contributed by atoms with E-state index in [0.29, 0.717) is 6.42 Å². The molecule has 0 aliphatic carbocycles. The van der Waals surface area contributed by atoms with E-state index in [0.717, 1.165) is 12.8 Å². The van der Waals surface area contributed by atoms with Crippen molar-refractivity contribution >= 4 is 5.97 Å². The molecule has 0 saturated heterocycles. The molecule has 0 aliphatic heterocycles. The molecule has 0 radical (unpaired) electrons. The fraction of sp³-hybridized carbons (Fsp3) is 0.900. The van der Waals surface area contributed by atoms with Crippen LogP contribution in [0.25, 0.3) is 0 Å². The Morgan fingerprint density at radius 1 is 1.00 bits per heavy atom. The molecule has 0 fully saturated rings. The Morgan fingerprint density at radius 3 is 1.89 bits per heavy atom. The average Bonchev–Trinajstić information content (AvgIpc) is 2.12. The molecule has 0 heterocycles. The highest BCUT2D eigenvalue weighted by molar-refractivity contribution is 5.74. The van der Waals surface area contributed by atoms with E-state index in [1.54, 1.807) is 0 Å². The lowest BCUT2D eigenvalue weighted by Crippen LogP contribution is -2.43. The van der Waals surface area contributed by atoms with Gasteiger partial charge < -0.3 is 4.74 Å². The molecule has 0 aromatic heterocycles. The van der Waals surface area contributed by atoms with Crippen LogP contribution in [0.1, 0.15) is 32.6 Å². The molecule has 0 aromatic carbocycles. The minimum atomic E-state index is -5.68. The van der Waals surface area contributed by atoms with Gasteiger partial charge in [-0.25, -0.2) is 0 Å². The van der Waals surface area contributed by atoms with Crippen LogP contribution in [0.5, 0.6) is 0 Å². The Bertz CT molecular complexity index is 244. The van der Waals surface area contributed by atoms with Gasteiger partial charge >= 0.3 is 18.3 Å². The number of esters is 1. The van der Waals surface area contributed by atoms with Crippen molar-refractivity contribution in [2.24, 2.45) is 5.92 Å². The fourth-order valence-corrected chi connectivity index (χ4v) is 1.24. The van der Waals surface area contributed by atoms with Gasteiger partial charge in [-0.3, -0.25) is 4.79 Å². The Labute approximate surface area is 100 Å². The first-order chi connectivity index (χ1) is 8.10. The fourth-order valence-electron chi connectivity index (χ4n) is 1.24. The molecule has 8 heteroatoms. The third-order valence-corrected chi connectivity index (χ3v) is 2.13. The van der Waals surface area contributed by atoms with Crippen LogP contribution < -0.4 is 0 Å². The molecule has 0 aromatic rings. The molecule has 2 nitrogen and oxygen atoms in total. The zero-order valence-electron chi connectivity index (χ0n) is 9.70. The van der Waals surface area contributed by atoms with E-state index >= 15 is 0 Å². The lowest BCUT2D eigenvalue weighted by Gasteiger charge is -2.21. The van der Waals surface area contributed by atoms with Gasteiger partial charge in [0.2, 0.25) is 5.92 Å². The molecule has 108 valence electrons. The zero-order chi connectivity index (χ0) is 14.4. The third-order valence-electron chi connectivity index (χ3n) is 2.13. The van der Waals surface area contributed by atoms with E-state index < -0.39 is 30.8 Å². The Kier molecular flexibility index (Phi) is 6.48. The summed E-state index contributed by atoms with van der Waals surface area (Å²) in [4.78, 5) is 10.8. The van der Waals surface area contributed by atoms with Crippen LogP contribution in [0.2, 0.25) is 0 Å². The van der Waals surface area contributed by atoms with Crippen LogP contribution >= 0.6 is 0 Å². The highest BCUT2D eigenvalue weighted by Crippen LogP contribution is 2.39. The van der Waals surface area contributed by atoms with Gasteiger partial charge in [0.1, 0.15) is 0 Å². The van der Waals surface area contributed by atoms with Crippen molar-refractivity contribution in [2.45, 2.75) is 45.0 Å². The Morgan fingerprint density at radius 2 is 1.50 bits per heavy atom. The molecular formula is C10H14F6O2. The SMILES string of the molecule is CCCCCCOC(=O)C(C(F)(F)F)C(F)(F)F. The van der Waals surface area contributed by atoms with Crippen molar-refractivity contribution in [3.63, 3.8) is 0 Å². The largest absolute Gasteiger partial charge is 0.465 e. The van der Waals surface area contributed by atoms with Crippen molar-refractivity contribution in [3.8, 4) is 0 Å². The summed E-state index contributed by atoms with van der Waals surface area (Å²) >= 11 is 0. The summed E-state index contributed by atoms with van der Waals surface area (Å²) in [5.74, 6) is -6.34. The van der Waals surface area contributed by atoms with Gasteiger partial charge in [-0.05, 0) is 6.42 Å². The first kappa shape index (κ1) is 17.1. The second-order valence-corrected chi connectivity index (χ2v) is 3.74. The zero-order valence-corrected chi connectivity index (χ0v) is 9.70. The van der Waals surface area contributed by atoms with E-state index in [-0.39, 0.29) is 6.42 Å². The standard InChI is InChI=1S/C10H14F6O2/c1-2-3-4-5-6-18-8(17)7(9(11,12)13)10(14,15)16/h7H,2-6H2,1H3. The number of hydrogen-bond acceptors (Lipinski definition) is 2. The van der Waals surface area contributed by atoms with E-state index in [1.807, 2.05) is 6.92 Å². The van der Waals surface area contributed by atoms with E-state index in [9.17, 15) is 31.1 Å². The van der Waals surface area contributed by atoms with Gasteiger partial charge in [-0.1, -0.05) is 26.2 Å².